The van der Waals surface area contributed by atoms with Crippen LogP contribution in [0.3, 0.4) is 0 Å². The standard InChI is InChI=1S/C9H10ClF3N2/c1-14-15-5-6-7(9(11,12)13)3-2-4-8(6)10/h2-4,14-15H,5H2,1H3. The Hall–Kier alpha value is -0.780. The molecule has 0 unspecified atom stereocenters. The number of hydrazine groups is 1. The third-order valence-electron chi connectivity index (χ3n) is 1.87. The van der Waals surface area contributed by atoms with E-state index >= 15 is 0 Å². The maximum absolute atomic E-state index is 12.5. The molecule has 0 aromatic heterocycles. The predicted octanol–water partition coefficient (Wildman–Crippen LogP) is 2.58. The summed E-state index contributed by atoms with van der Waals surface area (Å²) in [5, 5.41) is 0.104. The molecule has 1 rings (SSSR count). The van der Waals surface area contributed by atoms with Crippen molar-refractivity contribution in [1.29, 1.82) is 0 Å². The SMILES string of the molecule is CNNCc1c(Cl)cccc1C(F)(F)F. The van der Waals surface area contributed by atoms with Crippen LogP contribution in [0.25, 0.3) is 0 Å². The Kier molecular flexibility index (Phi) is 3.96. The van der Waals surface area contributed by atoms with Gasteiger partial charge in [0, 0.05) is 11.6 Å². The highest BCUT2D eigenvalue weighted by Gasteiger charge is 2.33. The highest BCUT2D eigenvalue weighted by molar-refractivity contribution is 6.31. The highest BCUT2D eigenvalue weighted by atomic mass is 35.5. The van der Waals surface area contributed by atoms with Crippen molar-refractivity contribution < 1.29 is 13.2 Å². The average Bonchev–Trinajstić information content (AvgIpc) is 2.14. The van der Waals surface area contributed by atoms with Gasteiger partial charge < -0.3 is 0 Å². The van der Waals surface area contributed by atoms with Crippen molar-refractivity contribution in [3.8, 4) is 0 Å². The Morgan fingerprint density at radius 1 is 1.33 bits per heavy atom. The van der Waals surface area contributed by atoms with E-state index in [9.17, 15) is 13.2 Å². The van der Waals surface area contributed by atoms with Gasteiger partial charge in [0.15, 0.2) is 0 Å². The van der Waals surface area contributed by atoms with E-state index in [1.54, 1.807) is 7.05 Å². The molecule has 1 aromatic carbocycles. The largest absolute Gasteiger partial charge is 0.416 e. The molecule has 0 radical (unpaired) electrons. The van der Waals surface area contributed by atoms with Gasteiger partial charge in [0.05, 0.1) is 5.56 Å². The molecule has 0 atom stereocenters. The van der Waals surface area contributed by atoms with Gasteiger partial charge in [-0.25, -0.2) is 0 Å². The van der Waals surface area contributed by atoms with Crippen LogP contribution in [-0.4, -0.2) is 7.05 Å². The van der Waals surface area contributed by atoms with Crippen molar-refractivity contribution in [2.45, 2.75) is 12.7 Å². The minimum absolute atomic E-state index is 0.0189. The van der Waals surface area contributed by atoms with Gasteiger partial charge in [-0.15, -0.1) is 0 Å². The highest BCUT2D eigenvalue weighted by Crippen LogP contribution is 2.34. The van der Waals surface area contributed by atoms with E-state index in [1.807, 2.05) is 0 Å². The smallest absolute Gasteiger partial charge is 0.261 e. The molecule has 0 bridgehead atoms. The summed E-state index contributed by atoms with van der Waals surface area (Å²) in [5.74, 6) is 0. The molecule has 0 spiro atoms. The van der Waals surface area contributed by atoms with Gasteiger partial charge in [0.2, 0.25) is 0 Å². The van der Waals surface area contributed by atoms with Gasteiger partial charge in [-0.2, -0.15) is 13.2 Å². The van der Waals surface area contributed by atoms with Crippen LogP contribution in [-0.2, 0) is 12.7 Å². The maximum atomic E-state index is 12.5. The molecule has 0 amide bonds. The van der Waals surface area contributed by atoms with Crippen molar-refractivity contribution in [3.05, 3.63) is 34.3 Å². The van der Waals surface area contributed by atoms with Gasteiger partial charge in [-0.1, -0.05) is 17.7 Å². The number of halogens is 4. The lowest BCUT2D eigenvalue weighted by atomic mass is 10.1. The van der Waals surface area contributed by atoms with Crippen LogP contribution in [0.2, 0.25) is 5.02 Å². The summed E-state index contributed by atoms with van der Waals surface area (Å²) in [7, 11) is 1.57. The first-order valence-electron chi connectivity index (χ1n) is 4.21. The maximum Gasteiger partial charge on any atom is 0.416 e. The van der Waals surface area contributed by atoms with Gasteiger partial charge >= 0.3 is 6.18 Å². The minimum Gasteiger partial charge on any atom is -0.261 e. The summed E-state index contributed by atoms with van der Waals surface area (Å²) in [5.41, 5.74) is 4.46. The van der Waals surface area contributed by atoms with Crippen molar-refractivity contribution in [3.63, 3.8) is 0 Å². The first kappa shape index (κ1) is 12.3. The first-order valence-corrected chi connectivity index (χ1v) is 4.59. The minimum atomic E-state index is -4.38. The molecule has 0 saturated heterocycles. The molecule has 0 heterocycles. The zero-order valence-corrected chi connectivity index (χ0v) is 8.71. The second-order valence-corrected chi connectivity index (χ2v) is 3.27. The zero-order chi connectivity index (χ0) is 11.5. The van der Waals surface area contributed by atoms with Crippen LogP contribution in [0.4, 0.5) is 13.2 Å². The Morgan fingerprint density at radius 3 is 2.53 bits per heavy atom. The molecule has 15 heavy (non-hydrogen) atoms. The first-order chi connectivity index (χ1) is 6.96. The van der Waals surface area contributed by atoms with Crippen molar-refractivity contribution >= 4 is 11.6 Å². The second-order valence-electron chi connectivity index (χ2n) is 2.87. The number of rotatable bonds is 3. The fourth-order valence-corrected chi connectivity index (χ4v) is 1.42. The molecule has 2 N–H and O–H groups in total. The van der Waals surface area contributed by atoms with E-state index in [-0.39, 0.29) is 17.1 Å². The van der Waals surface area contributed by atoms with Crippen LogP contribution in [0.15, 0.2) is 18.2 Å². The molecule has 0 aliphatic heterocycles. The van der Waals surface area contributed by atoms with Gasteiger partial charge in [0.25, 0.3) is 0 Å². The summed E-state index contributed by atoms with van der Waals surface area (Å²) >= 11 is 5.70. The molecule has 1 aromatic rings. The number of hydrogen-bond acceptors (Lipinski definition) is 2. The molecule has 0 aliphatic rings. The fraction of sp³-hybridized carbons (Fsp3) is 0.333. The number of nitrogens with one attached hydrogen (secondary N) is 2. The lowest BCUT2D eigenvalue weighted by Crippen LogP contribution is -2.28. The lowest BCUT2D eigenvalue weighted by molar-refractivity contribution is -0.138. The summed E-state index contributed by atoms with van der Waals surface area (Å²) in [4.78, 5) is 0. The van der Waals surface area contributed by atoms with E-state index < -0.39 is 11.7 Å². The van der Waals surface area contributed by atoms with Crippen LogP contribution in [0, 0.1) is 0 Å². The van der Waals surface area contributed by atoms with E-state index in [0.29, 0.717) is 0 Å². The summed E-state index contributed by atoms with van der Waals surface area (Å²) in [6.45, 7) is 0.0189. The summed E-state index contributed by atoms with van der Waals surface area (Å²) < 4.78 is 37.6. The normalized spacial score (nSPS) is 11.8. The van der Waals surface area contributed by atoms with Gasteiger partial charge in [0.1, 0.15) is 0 Å². The average molecular weight is 239 g/mol. The third kappa shape index (κ3) is 3.09. The van der Waals surface area contributed by atoms with Crippen LogP contribution < -0.4 is 10.9 Å². The van der Waals surface area contributed by atoms with E-state index in [2.05, 4.69) is 10.9 Å². The summed E-state index contributed by atoms with van der Waals surface area (Å²) in [6, 6.07) is 3.73. The van der Waals surface area contributed by atoms with Gasteiger partial charge in [-0.3, -0.25) is 10.9 Å². The monoisotopic (exact) mass is 238 g/mol. The molecule has 0 fully saturated rings. The fourth-order valence-electron chi connectivity index (χ4n) is 1.18. The van der Waals surface area contributed by atoms with Crippen LogP contribution >= 0.6 is 11.6 Å². The van der Waals surface area contributed by atoms with E-state index in [1.165, 1.54) is 12.1 Å². The van der Waals surface area contributed by atoms with Crippen LogP contribution in [0.5, 0.6) is 0 Å². The van der Waals surface area contributed by atoms with Crippen molar-refractivity contribution in [1.82, 2.24) is 10.9 Å². The van der Waals surface area contributed by atoms with Crippen molar-refractivity contribution in [2.75, 3.05) is 7.05 Å². The molecule has 6 heteroatoms. The Bertz CT molecular complexity index is 339. The number of hydrogen-bond donors (Lipinski definition) is 2. The molecular formula is C9H10ClF3N2. The second kappa shape index (κ2) is 4.83. The molecule has 84 valence electrons. The number of benzene rings is 1. The molecule has 0 saturated carbocycles. The number of alkyl halides is 3. The zero-order valence-electron chi connectivity index (χ0n) is 7.95. The van der Waals surface area contributed by atoms with E-state index in [0.717, 1.165) is 6.07 Å². The molecule has 2 nitrogen and oxygen atoms in total. The van der Waals surface area contributed by atoms with E-state index in [4.69, 9.17) is 11.6 Å². The van der Waals surface area contributed by atoms with Crippen LogP contribution in [0.1, 0.15) is 11.1 Å². The van der Waals surface area contributed by atoms with Crippen molar-refractivity contribution in [2.24, 2.45) is 0 Å². The quantitative estimate of drug-likeness (QED) is 0.791. The Morgan fingerprint density at radius 2 is 2.00 bits per heavy atom. The third-order valence-corrected chi connectivity index (χ3v) is 2.22. The Labute approximate surface area is 90.4 Å². The van der Waals surface area contributed by atoms with Gasteiger partial charge in [-0.05, 0) is 24.7 Å². The Balaban J connectivity index is 3.09. The summed E-state index contributed by atoms with van der Waals surface area (Å²) in [6.07, 6.45) is -4.38. The lowest BCUT2D eigenvalue weighted by Gasteiger charge is -2.14. The predicted molar refractivity (Wildman–Crippen MR) is 52.4 cm³/mol. The topological polar surface area (TPSA) is 24.1 Å². The molecule has 0 aliphatic carbocycles. The molecular weight excluding hydrogens is 229 g/mol.